The highest BCUT2D eigenvalue weighted by Gasteiger charge is 2.04. The zero-order valence-corrected chi connectivity index (χ0v) is 11.0. The monoisotopic (exact) mass is 352 g/mol. The molecule has 2 aromatic rings. The molecule has 0 spiro atoms. The van der Waals surface area contributed by atoms with Crippen molar-refractivity contribution in [1.82, 2.24) is 0 Å². The molecule has 0 saturated carbocycles. The number of hydrogen-bond donors (Lipinski definition) is 0. The maximum atomic E-state index is 3.52. The molecule has 12 heavy (non-hydrogen) atoms. The van der Waals surface area contributed by atoms with Gasteiger partial charge < -0.3 is 0 Å². The van der Waals surface area contributed by atoms with E-state index in [1.54, 1.807) is 0 Å². The average molecular weight is 353 g/mol. The summed E-state index contributed by atoms with van der Waals surface area (Å²) in [7, 11) is 0. The molecule has 1 aromatic carbocycles. The lowest BCUT2D eigenvalue weighted by molar-refractivity contribution is 1.63. The number of halogens is 2. The summed E-state index contributed by atoms with van der Waals surface area (Å²) in [5.41, 5.74) is 0. The number of hydrogen-bond acceptors (Lipinski definition) is 1. The lowest BCUT2D eigenvalue weighted by Crippen LogP contribution is -1.73. The second-order valence-corrected chi connectivity index (χ2v) is 5.85. The molecule has 0 atom stereocenters. The zero-order chi connectivity index (χ0) is 8.72. The number of rotatable bonds is 0. The SMILES string of the molecule is Cc1cc2c(I)c(Br)ccc2s1. The fourth-order valence-corrected chi connectivity index (χ4v) is 3.26. The van der Waals surface area contributed by atoms with Gasteiger partial charge >= 0.3 is 0 Å². The van der Waals surface area contributed by atoms with Gasteiger partial charge in [-0.25, -0.2) is 0 Å². The molecule has 62 valence electrons. The minimum Gasteiger partial charge on any atom is -0.141 e. The van der Waals surface area contributed by atoms with Gasteiger partial charge in [-0.2, -0.15) is 0 Å². The first-order chi connectivity index (χ1) is 5.68. The molecule has 0 bridgehead atoms. The Morgan fingerprint density at radius 2 is 2.17 bits per heavy atom. The molecular weight excluding hydrogens is 347 g/mol. The van der Waals surface area contributed by atoms with Crippen LogP contribution in [0.25, 0.3) is 10.1 Å². The van der Waals surface area contributed by atoms with Crippen molar-refractivity contribution in [2.45, 2.75) is 6.92 Å². The largest absolute Gasteiger partial charge is 0.141 e. The molecule has 0 N–H and O–H groups in total. The summed E-state index contributed by atoms with van der Waals surface area (Å²) >= 11 is 7.75. The normalized spacial score (nSPS) is 10.9. The molecule has 0 nitrogen and oxygen atoms in total. The second kappa shape index (κ2) is 3.27. The Labute approximate surface area is 97.2 Å². The van der Waals surface area contributed by atoms with E-state index >= 15 is 0 Å². The van der Waals surface area contributed by atoms with E-state index in [1.165, 1.54) is 23.0 Å². The lowest BCUT2D eigenvalue weighted by atomic mass is 10.2. The number of benzene rings is 1. The highest BCUT2D eigenvalue weighted by Crippen LogP contribution is 2.32. The maximum Gasteiger partial charge on any atom is 0.0359 e. The summed E-state index contributed by atoms with van der Waals surface area (Å²) in [6, 6.07) is 6.52. The Hall–Kier alpha value is 0.390. The Bertz CT molecular complexity index is 433. The Balaban J connectivity index is 2.89. The molecule has 0 fully saturated rings. The van der Waals surface area contributed by atoms with Gasteiger partial charge in [0, 0.05) is 23.0 Å². The molecule has 2 rings (SSSR count). The first kappa shape index (κ1) is 8.97. The van der Waals surface area contributed by atoms with Gasteiger partial charge in [0.15, 0.2) is 0 Å². The van der Waals surface area contributed by atoms with Gasteiger partial charge in [0.1, 0.15) is 0 Å². The van der Waals surface area contributed by atoms with Crippen LogP contribution in [0.4, 0.5) is 0 Å². The van der Waals surface area contributed by atoms with Gasteiger partial charge in [-0.1, -0.05) is 0 Å². The van der Waals surface area contributed by atoms with Crippen LogP contribution in [0.2, 0.25) is 0 Å². The average Bonchev–Trinajstić information content (AvgIpc) is 2.39. The number of aryl methyl sites for hydroxylation is 1. The molecular formula is C9H6BrIS. The van der Waals surface area contributed by atoms with Gasteiger partial charge in [0.05, 0.1) is 0 Å². The van der Waals surface area contributed by atoms with E-state index in [9.17, 15) is 0 Å². The summed E-state index contributed by atoms with van der Waals surface area (Å²) in [5, 5.41) is 1.37. The molecule has 1 aromatic heterocycles. The van der Waals surface area contributed by atoms with Gasteiger partial charge in [-0.3, -0.25) is 0 Å². The Kier molecular flexibility index (Phi) is 2.44. The minimum absolute atomic E-state index is 1.19. The maximum absolute atomic E-state index is 3.52. The fraction of sp³-hybridized carbons (Fsp3) is 0.111. The van der Waals surface area contributed by atoms with E-state index in [0.717, 1.165) is 0 Å². The molecule has 0 aliphatic heterocycles. The van der Waals surface area contributed by atoms with Gasteiger partial charge in [0.2, 0.25) is 0 Å². The van der Waals surface area contributed by atoms with Crippen LogP contribution in [-0.4, -0.2) is 0 Å². The van der Waals surface area contributed by atoms with Crippen molar-refractivity contribution in [3.63, 3.8) is 0 Å². The smallest absolute Gasteiger partial charge is 0.0359 e. The first-order valence-electron chi connectivity index (χ1n) is 3.52. The van der Waals surface area contributed by atoms with Crippen molar-refractivity contribution in [3.8, 4) is 0 Å². The topological polar surface area (TPSA) is 0 Å². The Morgan fingerprint density at radius 1 is 1.42 bits per heavy atom. The number of thiophene rings is 1. The standard InChI is InChI=1S/C9H6BrIS/c1-5-4-6-8(12-5)3-2-7(10)9(6)11/h2-4H,1H3. The molecule has 0 amide bonds. The third-order valence-electron chi connectivity index (χ3n) is 1.71. The van der Waals surface area contributed by atoms with E-state index in [0.29, 0.717) is 0 Å². The molecule has 1 heterocycles. The van der Waals surface area contributed by atoms with Crippen LogP contribution in [0.5, 0.6) is 0 Å². The Morgan fingerprint density at radius 3 is 2.92 bits per heavy atom. The van der Waals surface area contributed by atoms with Gasteiger partial charge in [-0.05, 0) is 63.6 Å². The van der Waals surface area contributed by atoms with Crippen LogP contribution in [0, 0.1) is 10.5 Å². The highest BCUT2D eigenvalue weighted by atomic mass is 127. The van der Waals surface area contributed by atoms with Crippen LogP contribution in [0.3, 0.4) is 0 Å². The van der Waals surface area contributed by atoms with Gasteiger partial charge in [-0.15, -0.1) is 11.3 Å². The summed E-state index contributed by atoms with van der Waals surface area (Å²) in [4.78, 5) is 1.38. The van der Waals surface area contributed by atoms with E-state index in [4.69, 9.17) is 0 Å². The fourth-order valence-electron chi connectivity index (χ4n) is 1.18. The van der Waals surface area contributed by atoms with Crippen LogP contribution < -0.4 is 0 Å². The second-order valence-electron chi connectivity index (χ2n) is 2.63. The molecule has 0 aliphatic rings. The van der Waals surface area contributed by atoms with Crippen molar-refractivity contribution in [1.29, 1.82) is 0 Å². The predicted molar refractivity (Wildman–Crippen MR) is 67.0 cm³/mol. The van der Waals surface area contributed by atoms with Crippen molar-refractivity contribution in [2.24, 2.45) is 0 Å². The molecule has 3 heteroatoms. The molecule has 0 saturated heterocycles. The third-order valence-corrected chi connectivity index (χ3v) is 5.29. The molecule has 0 aliphatic carbocycles. The molecule has 0 unspecified atom stereocenters. The highest BCUT2D eigenvalue weighted by molar-refractivity contribution is 14.1. The van der Waals surface area contributed by atoms with E-state index in [-0.39, 0.29) is 0 Å². The van der Waals surface area contributed by atoms with Crippen LogP contribution in [-0.2, 0) is 0 Å². The first-order valence-corrected chi connectivity index (χ1v) is 6.21. The van der Waals surface area contributed by atoms with E-state index in [1.807, 2.05) is 11.3 Å². The van der Waals surface area contributed by atoms with Crippen LogP contribution in [0.15, 0.2) is 22.7 Å². The van der Waals surface area contributed by atoms with Crippen molar-refractivity contribution >= 4 is 59.9 Å². The molecule has 0 radical (unpaired) electrons. The summed E-state index contributed by atoms with van der Waals surface area (Å²) in [6.07, 6.45) is 0. The van der Waals surface area contributed by atoms with Crippen molar-refractivity contribution in [2.75, 3.05) is 0 Å². The summed E-state index contributed by atoms with van der Waals surface area (Å²) in [6.45, 7) is 2.15. The summed E-state index contributed by atoms with van der Waals surface area (Å²) < 4.78 is 3.88. The van der Waals surface area contributed by atoms with Crippen molar-refractivity contribution in [3.05, 3.63) is 31.1 Å². The quantitative estimate of drug-likeness (QED) is 0.609. The predicted octanol–water partition coefficient (Wildman–Crippen LogP) is 4.58. The van der Waals surface area contributed by atoms with Crippen LogP contribution >= 0.6 is 49.9 Å². The van der Waals surface area contributed by atoms with E-state index in [2.05, 4.69) is 63.6 Å². The lowest BCUT2D eigenvalue weighted by Gasteiger charge is -1.95. The van der Waals surface area contributed by atoms with E-state index < -0.39 is 0 Å². The minimum atomic E-state index is 1.19. The van der Waals surface area contributed by atoms with Crippen molar-refractivity contribution < 1.29 is 0 Å². The number of fused-ring (bicyclic) bond motifs is 1. The zero-order valence-electron chi connectivity index (χ0n) is 6.40. The third kappa shape index (κ3) is 1.42. The summed E-state index contributed by atoms with van der Waals surface area (Å²) in [5.74, 6) is 0. The van der Waals surface area contributed by atoms with Gasteiger partial charge in [0.25, 0.3) is 0 Å². The van der Waals surface area contributed by atoms with Crippen LogP contribution in [0.1, 0.15) is 4.88 Å².